The quantitative estimate of drug-likeness (QED) is 0.879. The molecule has 0 atom stereocenters. The summed E-state index contributed by atoms with van der Waals surface area (Å²) in [4.78, 5) is 15.6. The second kappa shape index (κ2) is 5.88. The maximum atomic E-state index is 13.4. The number of hydrogen-bond donors (Lipinski definition) is 1. The van der Waals surface area contributed by atoms with E-state index in [-0.39, 0.29) is 12.0 Å². The Bertz CT molecular complexity index is 582. The first-order valence-corrected chi connectivity index (χ1v) is 6.20. The minimum Gasteiger partial charge on any atom is -0.324 e. The van der Waals surface area contributed by atoms with E-state index in [0.29, 0.717) is 10.3 Å². The highest BCUT2D eigenvalue weighted by Gasteiger charge is 2.13. The number of nitrogens with zero attached hydrogens (tertiary/aromatic N) is 1. The molecule has 0 aliphatic heterocycles. The monoisotopic (exact) mass is 326 g/mol. The molecule has 0 radical (unpaired) electrons. The number of benzene rings is 1. The molecule has 0 saturated carbocycles. The average Bonchev–Trinajstić information content (AvgIpc) is 2.37. The first kappa shape index (κ1) is 13.6. The molecule has 3 nitrogen and oxygen atoms in total. The summed E-state index contributed by atoms with van der Waals surface area (Å²) in [6.07, 6.45) is 1.08. The fourth-order valence-electron chi connectivity index (χ4n) is 1.52. The minimum atomic E-state index is -0.732. The van der Waals surface area contributed by atoms with Crippen LogP contribution in [0.15, 0.2) is 41.1 Å². The number of nitrogens with one attached hydrogen (secondary N) is 1. The summed E-state index contributed by atoms with van der Waals surface area (Å²) in [5.74, 6) is -1.97. The minimum absolute atomic E-state index is 0.245. The summed E-state index contributed by atoms with van der Waals surface area (Å²) in [6.45, 7) is 0. The van der Waals surface area contributed by atoms with Crippen LogP contribution in [0, 0.1) is 11.6 Å². The molecule has 2 aromatic rings. The Morgan fingerprint density at radius 2 is 1.89 bits per heavy atom. The fourth-order valence-corrected chi connectivity index (χ4v) is 1.75. The van der Waals surface area contributed by atoms with Gasteiger partial charge in [0.1, 0.15) is 16.2 Å². The molecule has 0 bridgehead atoms. The number of aromatic nitrogens is 1. The Hall–Kier alpha value is -1.82. The predicted octanol–water partition coefficient (Wildman–Crippen LogP) is 3.30. The van der Waals surface area contributed by atoms with E-state index in [9.17, 15) is 13.6 Å². The molecule has 0 fully saturated rings. The first-order chi connectivity index (χ1) is 9.06. The van der Waals surface area contributed by atoms with E-state index >= 15 is 0 Å². The lowest BCUT2D eigenvalue weighted by molar-refractivity contribution is -0.115. The van der Waals surface area contributed by atoms with Crippen LogP contribution in [-0.2, 0) is 11.2 Å². The highest BCUT2D eigenvalue weighted by molar-refractivity contribution is 9.10. The Balaban J connectivity index is 2.07. The summed E-state index contributed by atoms with van der Waals surface area (Å²) in [6, 6.07) is 6.77. The largest absolute Gasteiger partial charge is 0.324 e. The molecule has 1 aromatic heterocycles. The van der Waals surface area contributed by atoms with Crippen molar-refractivity contribution in [2.75, 3.05) is 5.32 Å². The van der Waals surface area contributed by atoms with E-state index in [1.54, 1.807) is 12.1 Å². The molecule has 0 unspecified atom stereocenters. The molecular weight excluding hydrogens is 318 g/mol. The number of amides is 1. The summed E-state index contributed by atoms with van der Waals surface area (Å²) >= 11 is 3.16. The second-order valence-corrected chi connectivity index (χ2v) is 4.61. The maximum absolute atomic E-state index is 13.4. The lowest BCUT2D eigenvalue weighted by Gasteiger charge is -2.06. The van der Waals surface area contributed by atoms with Gasteiger partial charge >= 0.3 is 0 Å². The van der Waals surface area contributed by atoms with Gasteiger partial charge in [0.15, 0.2) is 0 Å². The number of rotatable bonds is 3. The van der Waals surface area contributed by atoms with Crippen molar-refractivity contribution in [1.29, 1.82) is 0 Å². The van der Waals surface area contributed by atoms with Crippen molar-refractivity contribution in [3.05, 3.63) is 58.3 Å². The highest BCUT2D eigenvalue weighted by atomic mass is 79.9. The van der Waals surface area contributed by atoms with Crippen molar-refractivity contribution in [2.45, 2.75) is 6.42 Å². The average molecular weight is 327 g/mol. The Kier molecular flexibility index (Phi) is 4.21. The third-order valence-electron chi connectivity index (χ3n) is 2.41. The van der Waals surface area contributed by atoms with Crippen molar-refractivity contribution in [1.82, 2.24) is 4.98 Å². The molecule has 0 aliphatic rings. The third kappa shape index (κ3) is 3.57. The molecule has 1 amide bonds. The van der Waals surface area contributed by atoms with Gasteiger partial charge in [-0.3, -0.25) is 4.79 Å². The molecule has 19 heavy (non-hydrogen) atoms. The molecule has 0 spiro atoms. The van der Waals surface area contributed by atoms with Gasteiger partial charge in [0.2, 0.25) is 5.91 Å². The van der Waals surface area contributed by atoms with Gasteiger partial charge in [-0.25, -0.2) is 13.8 Å². The van der Waals surface area contributed by atoms with Gasteiger partial charge < -0.3 is 5.32 Å². The standard InChI is InChI=1S/C13H9BrF2N2O/c14-12-5-4-8(7-17-12)18-13(19)6-9-10(15)2-1-3-11(9)16/h1-5,7H,6H2,(H,18,19). The summed E-state index contributed by atoms with van der Waals surface area (Å²) < 4.78 is 27.4. The molecule has 1 aromatic carbocycles. The SMILES string of the molecule is O=C(Cc1c(F)cccc1F)Nc1ccc(Br)nc1. The van der Waals surface area contributed by atoms with Gasteiger partial charge in [-0.05, 0) is 40.2 Å². The molecule has 0 aliphatic carbocycles. The fraction of sp³-hybridized carbons (Fsp3) is 0.0769. The van der Waals surface area contributed by atoms with Crippen molar-refractivity contribution in [3.63, 3.8) is 0 Å². The zero-order valence-electron chi connectivity index (χ0n) is 9.66. The number of halogens is 3. The number of carbonyl (C=O) groups is 1. The zero-order valence-corrected chi connectivity index (χ0v) is 11.2. The van der Waals surface area contributed by atoms with Crippen LogP contribution < -0.4 is 5.32 Å². The lowest BCUT2D eigenvalue weighted by Crippen LogP contribution is -2.16. The van der Waals surface area contributed by atoms with Crippen LogP contribution >= 0.6 is 15.9 Å². The van der Waals surface area contributed by atoms with Crippen LogP contribution in [0.5, 0.6) is 0 Å². The Morgan fingerprint density at radius 1 is 1.21 bits per heavy atom. The molecule has 2 rings (SSSR count). The number of anilines is 1. The highest BCUT2D eigenvalue weighted by Crippen LogP contribution is 2.14. The van der Waals surface area contributed by atoms with Gasteiger partial charge in [0.25, 0.3) is 0 Å². The summed E-state index contributed by atoms with van der Waals surface area (Å²) in [5, 5.41) is 2.52. The number of carbonyl (C=O) groups excluding carboxylic acids is 1. The van der Waals surface area contributed by atoms with Crippen LogP contribution in [0.4, 0.5) is 14.5 Å². The first-order valence-electron chi connectivity index (χ1n) is 5.40. The summed E-state index contributed by atoms with van der Waals surface area (Å²) in [5.41, 5.74) is 0.218. The van der Waals surface area contributed by atoms with Gasteiger partial charge in [0.05, 0.1) is 18.3 Å². The molecule has 98 valence electrons. The second-order valence-electron chi connectivity index (χ2n) is 3.79. The molecule has 1 N–H and O–H groups in total. The molecule has 6 heteroatoms. The number of pyridine rings is 1. The van der Waals surface area contributed by atoms with Crippen LogP contribution in [0.25, 0.3) is 0 Å². The predicted molar refractivity (Wildman–Crippen MR) is 70.6 cm³/mol. The summed E-state index contributed by atoms with van der Waals surface area (Å²) in [7, 11) is 0. The van der Waals surface area contributed by atoms with Crippen molar-refractivity contribution < 1.29 is 13.6 Å². The topological polar surface area (TPSA) is 42.0 Å². The smallest absolute Gasteiger partial charge is 0.229 e. The van der Waals surface area contributed by atoms with Crippen LogP contribution in [-0.4, -0.2) is 10.9 Å². The number of hydrogen-bond acceptors (Lipinski definition) is 2. The van der Waals surface area contributed by atoms with Crippen LogP contribution in [0.3, 0.4) is 0 Å². The van der Waals surface area contributed by atoms with E-state index < -0.39 is 17.5 Å². The van der Waals surface area contributed by atoms with Crippen LogP contribution in [0.2, 0.25) is 0 Å². The molecule has 0 saturated heterocycles. The van der Waals surface area contributed by atoms with Crippen LogP contribution in [0.1, 0.15) is 5.56 Å². The van der Waals surface area contributed by atoms with Crippen molar-refractivity contribution >= 4 is 27.5 Å². The van der Waals surface area contributed by atoms with Gasteiger partial charge in [-0.1, -0.05) is 6.07 Å². The van der Waals surface area contributed by atoms with E-state index in [1.807, 2.05) is 0 Å². The van der Waals surface area contributed by atoms with E-state index in [0.717, 1.165) is 12.1 Å². The Morgan fingerprint density at radius 3 is 2.47 bits per heavy atom. The molecular formula is C13H9BrF2N2O. The van der Waals surface area contributed by atoms with Gasteiger partial charge in [-0.2, -0.15) is 0 Å². The normalized spacial score (nSPS) is 10.3. The van der Waals surface area contributed by atoms with Crippen molar-refractivity contribution in [3.8, 4) is 0 Å². The van der Waals surface area contributed by atoms with Crippen molar-refractivity contribution in [2.24, 2.45) is 0 Å². The van der Waals surface area contributed by atoms with E-state index in [1.165, 1.54) is 12.3 Å². The van der Waals surface area contributed by atoms with Gasteiger partial charge in [-0.15, -0.1) is 0 Å². The van der Waals surface area contributed by atoms with Gasteiger partial charge in [0, 0.05) is 5.56 Å². The lowest BCUT2D eigenvalue weighted by atomic mass is 10.1. The zero-order chi connectivity index (χ0) is 13.8. The Labute approximate surface area is 116 Å². The van der Waals surface area contributed by atoms with E-state index in [2.05, 4.69) is 26.2 Å². The van der Waals surface area contributed by atoms with E-state index in [4.69, 9.17) is 0 Å². The third-order valence-corrected chi connectivity index (χ3v) is 2.88. The molecule has 1 heterocycles. The maximum Gasteiger partial charge on any atom is 0.229 e.